The molecule has 0 radical (unpaired) electrons. The fraction of sp³-hybridized carbons (Fsp3) is 0.533. The standard InChI is InChI=1S/C15H25N3O/c1-4-10-18(11-5-2)12-15(19)17(3)14-8-6-13(16)7-9-14/h6-9H,4-5,10-12,16H2,1-3H3. The van der Waals surface area contributed by atoms with Crippen molar-refractivity contribution in [3.05, 3.63) is 24.3 Å². The fourth-order valence-corrected chi connectivity index (χ4v) is 2.04. The first-order valence-electron chi connectivity index (χ1n) is 6.93. The van der Waals surface area contributed by atoms with Gasteiger partial charge in [0, 0.05) is 18.4 Å². The van der Waals surface area contributed by atoms with E-state index in [1.165, 1.54) is 0 Å². The highest BCUT2D eigenvalue weighted by atomic mass is 16.2. The summed E-state index contributed by atoms with van der Waals surface area (Å²) in [5, 5.41) is 0. The normalized spacial score (nSPS) is 10.7. The number of amides is 1. The van der Waals surface area contributed by atoms with E-state index < -0.39 is 0 Å². The Bertz CT molecular complexity index is 383. The smallest absolute Gasteiger partial charge is 0.240 e. The molecule has 0 bridgehead atoms. The minimum absolute atomic E-state index is 0.117. The van der Waals surface area contributed by atoms with Gasteiger partial charge in [-0.3, -0.25) is 9.69 Å². The maximum absolute atomic E-state index is 12.2. The highest BCUT2D eigenvalue weighted by molar-refractivity contribution is 5.94. The lowest BCUT2D eigenvalue weighted by Crippen LogP contribution is -2.39. The maximum Gasteiger partial charge on any atom is 0.240 e. The highest BCUT2D eigenvalue weighted by Gasteiger charge is 2.14. The monoisotopic (exact) mass is 263 g/mol. The third-order valence-electron chi connectivity index (χ3n) is 3.09. The van der Waals surface area contributed by atoms with Gasteiger partial charge in [-0.25, -0.2) is 0 Å². The Hall–Kier alpha value is -1.55. The number of nitrogens with zero attached hydrogens (tertiary/aromatic N) is 2. The average Bonchev–Trinajstić information content (AvgIpc) is 2.39. The molecule has 0 atom stereocenters. The van der Waals surface area contributed by atoms with Gasteiger partial charge < -0.3 is 10.6 Å². The summed E-state index contributed by atoms with van der Waals surface area (Å²) in [7, 11) is 1.81. The van der Waals surface area contributed by atoms with E-state index in [0.29, 0.717) is 12.2 Å². The number of likely N-dealkylation sites (N-methyl/N-ethyl adjacent to an activating group) is 1. The van der Waals surface area contributed by atoms with Gasteiger partial charge >= 0.3 is 0 Å². The van der Waals surface area contributed by atoms with Crippen LogP contribution in [0.2, 0.25) is 0 Å². The van der Waals surface area contributed by atoms with Gasteiger partial charge in [-0.05, 0) is 50.2 Å². The van der Waals surface area contributed by atoms with Crippen molar-refractivity contribution in [3.8, 4) is 0 Å². The third-order valence-corrected chi connectivity index (χ3v) is 3.09. The summed E-state index contributed by atoms with van der Waals surface area (Å²) in [5.41, 5.74) is 7.24. The van der Waals surface area contributed by atoms with Gasteiger partial charge in [0.05, 0.1) is 6.54 Å². The van der Waals surface area contributed by atoms with Crippen LogP contribution in [-0.2, 0) is 4.79 Å². The molecule has 4 nitrogen and oxygen atoms in total. The van der Waals surface area contributed by atoms with Crippen LogP contribution in [0.3, 0.4) is 0 Å². The number of anilines is 2. The van der Waals surface area contributed by atoms with Gasteiger partial charge in [0.2, 0.25) is 5.91 Å². The van der Waals surface area contributed by atoms with Crippen molar-refractivity contribution in [3.63, 3.8) is 0 Å². The average molecular weight is 263 g/mol. The Morgan fingerprint density at radius 1 is 1.11 bits per heavy atom. The van der Waals surface area contributed by atoms with E-state index >= 15 is 0 Å². The fourth-order valence-electron chi connectivity index (χ4n) is 2.04. The van der Waals surface area contributed by atoms with Crippen molar-refractivity contribution in [2.75, 3.05) is 37.3 Å². The molecule has 1 amide bonds. The largest absolute Gasteiger partial charge is 0.399 e. The molecule has 0 aliphatic rings. The van der Waals surface area contributed by atoms with Gasteiger partial charge in [-0.15, -0.1) is 0 Å². The molecule has 0 aromatic heterocycles. The number of hydrogen-bond donors (Lipinski definition) is 1. The second-order valence-corrected chi connectivity index (χ2v) is 4.82. The Balaban J connectivity index is 2.62. The zero-order valence-electron chi connectivity index (χ0n) is 12.2. The zero-order valence-corrected chi connectivity index (χ0v) is 12.2. The molecule has 0 saturated heterocycles. The number of nitrogens with two attached hydrogens (primary N) is 1. The summed E-state index contributed by atoms with van der Waals surface area (Å²) < 4.78 is 0. The molecule has 1 rings (SSSR count). The number of hydrogen-bond acceptors (Lipinski definition) is 3. The van der Waals surface area contributed by atoms with E-state index in [0.717, 1.165) is 31.6 Å². The molecule has 106 valence electrons. The molecule has 19 heavy (non-hydrogen) atoms. The van der Waals surface area contributed by atoms with Crippen molar-refractivity contribution in [2.24, 2.45) is 0 Å². The molecular weight excluding hydrogens is 238 g/mol. The van der Waals surface area contributed by atoms with E-state index in [2.05, 4.69) is 18.7 Å². The molecule has 0 aliphatic carbocycles. The van der Waals surface area contributed by atoms with Crippen LogP contribution in [0.25, 0.3) is 0 Å². The molecule has 1 aromatic rings. The molecule has 0 spiro atoms. The molecular formula is C15H25N3O. The molecule has 1 aromatic carbocycles. The molecule has 0 aliphatic heterocycles. The number of carbonyl (C=O) groups excluding carboxylic acids is 1. The lowest BCUT2D eigenvalue weighted by molar-refractivity contribution is -0.119. The van der Waals surface area contributed by atoms with Gasteiger partial charge in [0.15, 0.2) is 0 Å². The highest BCUT2D eigenvalue weighted by Crippen LogP contribution is 2.15. The van der Waals surface area contributed by atoms with E-state index in [1.807, 2.05) is 31.3 Å². The first-order valence-corrected chi connectivity index (χ1v) is 6.93. The number of carbonyl (C=O) groups is 1. The summed E-state index contributed by atoms with van der Waals surface area (Å²) in [6, 6.07) is 7.37. The van der Waals surface area contributed by atoms with Crippen molar-refractivity contribution in [1.29, 1.82) is 0 Å². The Labute approximate surface area is 116 Å². The zero-order chi connectivity index (χ0) is 14.3. The van der Waals surface area contributed by atoms with Gasteiger partial charge in [0.1, 0.15) is 0 Å². The minimum Gasteiger partial charge on any atom is -0.399 e. The van der Waals surface area contributed by atoms with Crippen LogP contribution in [0.5, 0.6) is 0 Å². The number of rotatable bonds is 7. The Morgan fingerprint density at radius 3 is 2.11 bits per heavy atom. The van der Waals surface area contributed by atoms with E-state index in [9.17, 15) is 4.79 Å². The van der Waals surface area contributed by atoms with Crippen LogP contribution in [0.4, 0.5) is 11.4 Å². The summed E-state index contributed by atoms with van der Waals surface area (Å²) in [5.74, 6) is 0.117. The molecule has 0 fully saturated rings. The Kier molecular flexibility index (Phi) is 6.36. The maximum atomic E-state index is 12.2. The molecule has 0 heterocycles. The summed E-state index contributed by atoms with van der Waals surface area (Å²) in [6.07, 6.45) is 2.14. The molecule has 4 heteroatoms. The van der Waals surface area contributed by atoms with Crippen molar-refractivity contribution >= 4 is 17.3 Å². The topological polar surface area (TPSA) is 49.6 Å². The van der Waals surface area contributed by atoms with Gasteiger partial charge in [0.25, 0.3) is 0 Å². The molecule has 0 saturated carbocycles. The summed E-state index contributed by atoms with van der Waals surface area (Å²) in [4.78, 5) is 16.1. The van der Waals surface area contributed by atoms with E-state index in [4.69, 9.17) is 5.73 Å². The number of benzene rings is 1. The van der Waals surface area contributed by atoms with Crippen molar-refractivity contribution < 1.29 is 4.79 Å². The lowest BCUT2D eigenvalue weighted by atomic mass is 10.2. The van der Waals surface area contributed by atoms with Crippen LogP contribution in [0, 0.1) is 0 Å². The van der Waals surface area contributed by atoms with Crippen LogP contribution in [0.1, 0.15) is 26.7 Å². The van der Waals surface area contributed by atoms with E-state index in [1.54, 1.807) is 4.90 Å². The lowest BCUT2D eigenvalue weighted by Gasteiger charge is -2.24. The van der Waals surface area contributed by atoms with Gasteiger partial charge in [-0.2, -0.15) is 0 Å². The SMILES string of the molecule is CCCN(CCC)CC(=O)N(C)c1ccc(N)cc1. The van der Waals surface area contributed by atoms with Crippen molar-refractivity contribution in [1.82, 2.24) is 4.90 Å². The second-order valence-electron chi connectivity index (χ2n) is 4.82. The summed E-state index contributed by atoms with van der Waals surface area (Å²) in [6.45, 7) is 6.68. The number of nitrogen functional groups attached to an aromatic ring is 1. The molecule has 0 unspecified atom stereocenters. The predicted molar refractivity (Wildman–Crippen MR) is 81.3 cm³/mol. The summed E-state index contributed by atoms with van der Waals surface area (Å²) >= 11 is 0. The minimum atomic E-state index is 0.117. The molecule has 2 N–H and O–H groups in total. The van der Waals surface area contributed by atoms with Crippen LogP contribution < -0.4 is 10.6 Å². The van der Waals surface area contributed by atoms with E-state index in [-0.39, 0.29) is 5.91 Å². The van der Waals surface area contributed by atoms with Crippen LogP contribution in [-0.4, -0.2) is 37.5 Å². The van der Waals surface area contributed by atoms with Crippen LogP contribution >= 0.6 is 0 Å². The predicted octanol–water partition coefficient (Wildman–Crippen LogP) is 2.35. The van der Waals surface area contributed by atoms with Crippen molar-refractivity contribution in [2.45, 2.75) is 26.7 Å². The van der Waals surface area contributed by atoms with Crippen LogP contribution in [0.15, 0.2) is 24.3 Å². The third kappa shape index (κ3) is 4.91. The Morgan fingerprint density at radius 2 is 1.63 bits per heavy atom. The van der Waals surface area contributed by atoms with Gasteiger partial charge in [-0.1, -0.05) is 13.8 Å². The quantitative estimate of drug-likeness (QED) is 0.768. The first kappa shape index (κ1) is 15.5. The first-order chi connectivity index (χ1) is 9.08. The second kappa shape index (κ2) is 7.79.